The van der Waals surface area contributed by atoms with Gasteiger partial charge < -0.3 is 10.2 Å². The summed E-state index contributed by atoms with van der Waals surface area (Å²) in [5, 5.41) is 3.08. The molecule has 0 heterocycles. The normalized spacial score (nSPS) is 12.5. The van der Waals surface area contributed by atoms with E-state index in [-0.39, 0.29) is 36.7 Å². The van der Waals surface area contributed by atoms with Crippen LogP contribution in [0.4, 0.5) is 4.39 Å². The number of amides is 2. The van der Waals surface area contributed by atoms with Crippen LogP contribution in [0.3, 0.4) is 0 Å². The second-order valence-corrected chi connectivity index (χ2v) is 10.2. The number of carbonyl (C=O) groups is 2. The Morgan fingerprint density at radius 3 is 1.85 bits per heavy atom. The van der Waals surface area contributed by atoms with Gasteiger partial charge in [0.15, 0.2) is 0 Å². The second-order valence-electron chi connectivity index (χ2n) is 10.2. The number of hydrogen-bond donors (Lipinski definition) is 1. The molecule has 0 aliphatic rings. The van der Waals surface area contributed by atoms with Gasteiger partial charge in [-0.15, -0.1) is 0 Å². The molecule has 4 nitrogen and oxygen atoms in total. The molecule has 1 N–H and O–H groups in total. The lowest BCUT2D eigenvalue weighted by molar-refractivity contribution is -0.141. The van der Waals surface area contributed by atoms with Crippen LogP contribution in [-0.4, -0.2) is 28.8 Å². The predicted octanol–water partition coefficient (Wildman–Crippen LogP) is 6.90. The van der Waals surface area contributed by atoms with Crippen molar-refractivity contribution in [3.8, 4) is 0 Å². The Kier molecular flexibility index (Phi) is 10.2. The minimum Gasteiger partial charge on any atom is -0.352 e. The van der Waals surface area contributed by atoms with Gasteiger partial charge in [-0.05, 0) is 36.1 Å². The molecule has 5 heteroatoms. The molecule has 0 bridgehead atoms. The number of nitrogens with zero attached hydrogens (tertiary/aromatic N) is 1. The summed E-state index contributed by atoms with van der Waals surface area (Å²) >= 11 is 0. The zero-order valence-electron chi connectivity index (χ0n) is 23.2. The van der Waals surface area contributed by atoms with Crippen molar-refractivity contribution in [2.75, 3.05) is 0 Å². The molecule has 0 aliphatic heterocycles. The molecule has 40 heavy (non-hydrogen) atoms. The third kappa shape index (κ3) is 7.66. The Bertz CT molecular complexity index is 1320. The molecular weight excluding hydrogens is 499 g/mol. The van der Waals surface area contributed by atoms with E-state index in [1.807, 2.05) is 105 Å². The van der Waals surface area contributed by atoms with Crippen LogP contribution in [0.25, 0.3) is 0 Å². The van der Waals surface area contributed by atoms with Crippen LogP contribution in [0.1, 0.15) is 54.9 Å². The largest absolute Gasteiger partial charge is 0.352 e. The van der Waals surface area contributed by atoms with E-state index >= 15 is 0 Å². The van der Waals surface area contributed by atoms with E-state index in [4.69, 9.17) is 0 Å². The molecular formula is C35H37FN2O2. The Labute approximate surface area is 236 Å². The number of rotatable bonds is 12. The Hall–Kier alpha value is -4.25. The maximum atomic E-state index is 14.9. The third-order valence-electron chi connectivity index (χ3n) is 7.35. The van der Waals surface area contributed by atoms with Crippen molar-refractivity contribution in [1.29, 1.82) is 0 Å². The van der Waals surface area contributed by atoms with Crippen molar-refractivity contribution < 1.29 is 14.0 Å². The van der Waals surface area contributed by atoms with Crippen LogP contribution >= 0.6 is 0 Å². The zero-order valence-corrected chi connectivity index (χ0v) is 23.2. The molecule has 0 radical (unpaired) electrons. The molecule has 4 aromatic carbocycles. The number of carbonyl (C=O) groups excluding carboxylic acids is 2. The molecule has 2 amide bonds. The van der Waals surface area contributed by atoms with E-state index in [2.05, 4.69) is 5.32 Å². The van der Waals surface area contributed by atoms with Gasteiger partial charge in [0.05, 0.1) is 0 Å². The summed E-state index contributed by atoms with van der Waals surface area (Å²) in [6, 6.07) is 35.1. The van der Waals surface area contributed by atoms with Crippen LogP contribution in [0.5, 0.6) is 0 Å². The van der Waals surface area contributed by atoms with E-state index in [0.717, 1.165) is 23.1 Å². The SMILES string of the molecule is CC[C@H](C)NC(=O)[C@H](Cc1ccccc1)N(Cc1ccccc1F)C(=O)CC(c1ccccc1)c1ccccc1. The van der Waals surface area contributed by atoms with Crippen molar-refractivity contribution in [1.82, 2.24) is 10.2 Å². The lowest BCUT2D eigenvalue weighted by Crippen LogP contribution is -2.52. The summed E-state index contributed by atoms with van der Waals surface area (Å²) in [7, 11) is 0. The highest BCUT2D eigenvalue weighted by molar-refractivity contribution is 5.88. The molecule has 4 rings (SSSR count). The van der Waals surface area contributed by atoms with Gasteiger partial charge >= 0.3 is 0 Å². The van der Waals surface area contributed by atoms with Crippen molar-refractivity contribution in [3.63, 3.8) is 0 Å². The number of halogens is 1. The van der Waals surface area contributed by atoms with E-state index in [1.54, 1.807) is 23.1 Å². The highest BCUT2D eigenvalue weighted by Gasteiger charge is 2.33. The van der Waals surface area contributed by atoms with Crippen LogP contribution in [0.15, 0.2) is 115 Å². The molecule has 0 aliphatic carbocycles. The second kappa shape index (κ2) is 14.2. The van der Waals surface area contributed by atoms with E-state index in [0.29, 0.717) is 12.0 Å². The predicted molar refractivity (Wildman–Crippen MR) is 158 cm³/mol. The van der Waals surface area contributed by atoms with E-state index in [1.165, 1.54) is 6.07 Å². The average Bonchev–Trinajstić information content (AvgIpc) is 2.99. The quantitative estimate of drug-likeness (QED) is 0.214. The maximum Gasteiger partial charge on any atom is 0.243 e. The fourth-order valence-electron chi connectivity index (χ4n) is 4.90. The highest BCUT2D eigenvalue weighted by atomic mass is 19.1. The number of nitrogens with one attached hydrogen (secondary N) is 1. The topological polar surface area (TPSA) is 49.4 Å². The molecule has 206 valence electrons. The molecule has 0 aromatic heterocycles. The molecule has 0 unspecified atom stereocenters. The van der Waals surface area contributed by atoms with Gasteiger partial charge in [-0.1, -0.05) is 116 Å². The van der Waals surface area contributed by atoms with Crippen molar-refractivity contribution in [3.05, 3.63) is 143 Å². The molecule has 2 atom stereocenters. The first-order valence-corrected chi connectivity index (χ1v) is 13.9. The van der Waals surface area contributed by atoms with Crippen LogP contribution in [-0.2, 0) is 22.6 Å². The summed E-state index contributed by atoms with van der Waals surface area (Å²) in [5.74, 6) is -1.06. The standard InChI is InChI=1S/C35H37FN2O2/c1-3-26(2)37-35(40)33(23-27-15-7-4-8-16-27)38(25-30-21-13-14-22-32(30)36)34(39)24-31(28-17-9-5-10-18-28)29-19-11-6-12-20-29/h4-22,26,31,33H,3,23-25H2,1-2H3,(H,37,40)/t26-,33-/m0/s1. The molecule has 0 spiro atoms. The third-order valence-corrected chi connectivity index (χ3v) is 7.35. The zero-order chi connectivity index (χ0) is 28.3. The number of hydrogen-bond acceptors (Lipinski definition) is 2. The van der Waals surface area contributed by atoms with Gasteiger partial charge in [-0.25, -0.2) is 4.39 Å². The van der Waals surface area contributed by atoms with E-state index < -0.39 is 11.9 Å². The minimum absolute atomic E-state index is 0.00671. The molecule has 4 aromatic rings. The van der Waals surface area contributed by atoms with Crippen LogP contribution in [0.2, 0.25) is 0 Å². The molecule has 0 fully saturated rings. The first-order chi connectivity index (χ1) is 19.5. The van der Waals surface area contributed by atoms with Gasteiger partial charge in [0, 0.05) is 36.9 Å². The van der Waals surface area contributed by atoms with Gasteiger partial charge in [-0.3, -0.25) is 9.59 Å². The number of benzene rings is 4. The van der Waals surface area contributed by atoms with Gasteiger partial charge in [0.2, 0.25) is 11.8 Å². The molecule has 0 saturated carbocycles. The van der Waals surface area contributed by atoms with Gasteiger partial charge in [0.25, 0.3) is 0 Å². The summed E-state index contributed by atoms with van der Waals surface area (Å²) in [4.78, 5) is 29.7. The highest BCUT2D eigenvalue weighted by Crippen LogP contribution is 2.30. The Balaban J connectivity index is 1.75. The smallest absolute Gasteiger partial charge is 0.243 e. The van der Waals surface area contributed by atoms with Gasteiger partial charge in [-0.2, -0.15) is 0 Å². The summed E-state index contributed by atoms with van der Waals surface area (Å²) in [6.45, 7) is 3.94. The first-order valence-electron chi connectivity index (χ1n) is 13.9. The molecule has 0 saturated heterocycles. The Morgan fingerprint density at radius 1 is 0.775 bits per heavy atom. The summed E-state index contributed by atoms with van der Waals surface area (Å²) in [6.07, 6.45) is 1.23. The average molecular weight is 537 g/mol. The summed E-state index contributed by atoms with van der Waals surface area (Å²) in [5.41, 5.74) is 3.33. The lowest BCUT2D eigenvalue weighted by Gasteiger charge is -2.33. The minimum atomic E-state index is -0.810. The van der Waals surface area contributed by atoms with E-state index in [9.17, 15) is 14.0 Å². The van der Waals surface area contributed by atoms with Crippen molar-refractivity contribution in [2.45, 2.75) is 57.7 Å². The van der Waals surface area contributed by atoms with Crippen molar-refractivity contribution in [2.24, 2.45) is 0 Å². The monoisotopic (exact) mass is 536 g/mol. The summed E-state index contributed by atoms with van der Waals surface area (Å²) < 4.78 is 14.9. The Morgan fingerprint density at radius 2 is 1.30 bits per heavy atom. The van der Waals surface area contributed by atoms with Crippen LogP contribution in [0, 0.1) is 5.82 Å². The lowest BCUT2D eigenvalue weighted by atomic mass is 9.87. The van der Waals surface area contributed by atoms with Crippen LogP contribution < -0.4 is 5.32 Å². The fraction of sp³-hybridized carbons (Fsp3) is 0.257. The fourth-order valence-corrected chi connectivity index (χ4v) is 4.90. The maximum absolute atomic E-state index is 14.9. The first kappa shape index (κ1) is 28.8. The van der Waals surface area contributed by atoms with Gasteiger partial charge in [0.1, 0.15) is 11.9 Å². The van der Waals surface area contributed by atoms with Crippen molar-refractivity contribution >= 4 is 11.8 Å².